The van der Waals surface area contributed by atoms with E-state index in [1.165, 1.54) is 0 Å². The standard InChI is InChI=1S/C14H20N2O2S/c1-10-6-7-11(15)8-13(10)16-14(17)9-19(18)12-4-2-3-5-12/h6-8,12H,2-5,9,15H2,1H3,(H,16,17). The highest BCUT2D eigenvalue weighted by Gasteiger charge is 2.23. The number of anilines is 2. The summed E-state index contributed by atoms with van der Waals surface area (Å²) in [7, 11) is -1.05. The molecule has 0 bridgehead atoms. The van der Waals surface area contributed by atoms with E-state index in [0.29, 0.717) is 11.4 Å². The highest BCUT2D eigenvalue weighted by molar-refractivity contribution is 7.86. The maximum absolute atomic E-state index is 12.0. The molecule has 1 aliphatic carbocycles. The number of carbonyl (C=O) groups is 1. The van der Waals surface area contributed by atoms with Crippen LogP contribution in [-0.4, -0.2) is 21.1 Å². The summed E-state index contributed by atoms with van der Waals surface area (Å²) in [6.07, 6.45) is 4.23. The minimum absolute atomic E-state index is 0.0822. The molecule has 0 spiro atoms. The minimum Gasteiger partial charge on any atom is -0.399 e. The average Bonchev–Trinajstić information content (AvgIpc) is 2.87. The van der Waals surface area contributed by atoms with Crippen molar-refractivity contribution in [3.05, 3.63) is 23.8 Å². The lowest BCUT2D eigenvalue weighted by molar-refractivity contribution is -0.113. The molecule has 0 heterocycles. The van der Waals surface area contributed by atoms with Crippen molar-refractivity contribution in [2.24, 2.45) is 0 Å². The van der Waals surface area contributed by atoms with Crippen LogP contribution in [0.5, 0.6) is 0 Å². The molecule has 2 rings (SSSR count). The number of amides is 1. The molecule has 1 aromatic carbocycles. The number of benzene rings is 1. The Kier molecular flexibility index (Phi) is 4.58. The molecule has 1 aromatic rings. The van der Waals surface area contributed by atoms with Crippen LogP contribution in [-0.2, 0) is 15.6 Å². The summed E-state index contributed by atoms with van der Waals surface area (Å²) in [6.45, 7) is 1.91. The van der Waals surface area contributed by atoms with Crippen LogP contribution in [0.4, 0.5) is 11.4 Å². The molecule has 1 amide bonds. The summed E-state index contributed by atoms with van der Waals surface area (Å²) in [5.74, 6) is -0.113. The van der Waals surface area contributed by atoms with Crippen molar-refractivity contribution < 1.29 is 9.00 Å². The largest absolute Gasteiger partial charge is 0.399 e. The van der Waals surface area contributed by atoms with Crippen molar-refractivity contribution in [2.75, 3.05) is 16.8 Å². The quantitative estimate of drug-likeness (QED) is 0.831. The normalized spacial score (nSPS) is 17.3. The van der Waals surface area contributed by atoms with E-state index in [1.807, 2.05) is 13.0 Å². The van der Waals surface area contributed by atoms with Crippen molar-refractivity contribution in [3.8, 4) is 0 Å². The lowest BCUT2D eigenvalue weighted by atomic mass is 10.2. The number of nitrogen functional groups attached to an aromatic ring is 1. The number of nitrogens with one attached hydrogen (secondary N) is 1. The average molecular weight is 280 g/mol. The van der Waals surface area contributed by atoms with Crippen LogP contribution in [0.15, 0.2) is 18.2 Å². The zero-order valence-electron chi connectivity index (χ0n) is 11.1. The van der Waals surface area contributed by atoms with E-state index in [9.17, 15) is 9.00 Å². The molecule has 1 aliphatic rings. The first-order chi connectivity index (χ1) is 9.06. The zero-order chi connectivity index (χ0) is 13.8. The summed E-state index contributed by atoms with van der Waals surface area (Å²) in [5, 5.41) is 2.99. The first kappa shape index (κ1) is 14.1. The summed E-state index contributed by atoms with van der Waals surface area (Å²) >= 11 is 0. The molecule has 0 aromatic heterocycles. The van der Waals surface area contributed by atoms with E-state index in [4.69, 9.17) is 5.73 Å². The van der Waals surface area contributed by atoms with E-state index < -0.39 is 10.8 Å². The first-order valence-electron chi connectivity index (χ1n) is 6.59. The van der Waals surface area contributed by atoms with E-state index in [1.54, 1.807) is 12.1 Å². The van der Waals surface area contributed by atoms with Crippen molar-refractivity contribution in [3.63, 3.8) is 0 Å². The van der Waals surface area contributed by atoms with Crippen molar-refractivity contribution in [1.29, 1.82) is 0 Å². The molecule has 0 aliphatic heterocycles. The van der Waals surface area contributed by atoms with Gasteiger partial charge in [-0.2, -0.15) is 0 Å². The number of nitrogens with two attached hydrogens (primary N) is 1. The summed E-state index contributed by atoms with van der Waals surface area (Å²) in [6, 6.07) is 5.38. The zero-order valence-corrected chi connectivity index (χ0v) is 12.0. The fourth-order valence-electron chi connectivity index (χ4n) is 2.36. The molecule has 1 unspecified atom stereocenters. The van der Waals surface area contributed by atoms with Gasteiger partial charge in [0.1, 0.15) is 5.75 Å². The maximum atomic E-state index is 12.0. The molecule has 1 atom stereocenters. The van der Waals surface area contributed by atoms with Crippen LogP contribution in [0.2, 0.25) is 0 Å². The second-order valence-electron chi connectivity index (χ2n) is 5.05. The molecule has 0 radical (unpaired) electrons. The van der Waals surface area contributed by atoms with Crippen molar-refractivity contribution >= 4 is 28.1 Å². The summed E-state index contributed by atoms with van der Waals surface area (Å²) in [4.78, 5) is 11.9. The molecule has 104 valence electrons. The van der Waals surface area contributed by atoms with Gasteiger partial charge in [-0.15, -0.1) is 0 Å². The van der Waals surface area contributed by atoms with Gasteiger partial charge in [-0.1, -0.05) is 18.9 Å². The van der Waals surface area contributed by atoms with E-state index in [-0.39, 0.29) is 16.9 Å². The van der Waals surface area contributed by atoms with Crippen LogP contribution in [0, 0.1) is 6.92 Å². The van der Waals surface area contributed by atoms with E-state index in [0.717, 1.165) is 31.2 Å². The number of aryl methyl sites for hydroxylation is 1. The van der Waals surface area contributed by atoms with Crippen molar-refractivity contribution in [2.45, 2.75) is 37.9 Å². The van der Waals surface area contributed by atoms with E-state index >= 15 is 0 Å². The number of hydrogen-bond acceptors (Lipinski definition) is 3. The number of rotatable bonds is 4. The Labute approximate surface area is 116 Å². The van der Waals surface area contributed by atoms with Gasteiger partial charge in [-0.3, -0.25) is 9.00 Å². The van der Waals surface area contributed by atoms with Gasteiger partial charge in [-0.05, 0) is 37.5 Å². The molecule has 4 nitrogen and oxygen atoms in total. The first-order valence-corrected chi connectivity index (χ1v) is 7.97. The molecule has 1 saturated carbocycles. The summed E-state index contributed by atoms with van der Waals surface area (Å²) in [5.41, 5.74) is 7.96. The van der Waals surface area contributed by atoms with Crippen LogP contribution in [0.25, 0.3) is 0 Å². The predicted octanol–water partition coefficient (Wildman–Crippen LogP) is 2.21. The minimum atomic E-state index is -1.05. The lowest BCUT2D eigenvalue weighted by Gasteiger charge is -2.11. The SMILES string of the molecule is Cc1ccc(N)cc1NC(=O)CS(=O)C1CCCC1. The van der Waals surface area contributed by atoms with Gasteiger partial charge in [0, 0.05) is 27.4 Å². The Hall–Kier alpha value is -1.36. The van der Waals surface area contributed by atoms with Gasteiger partial charge in [0.15, 0.2) is 0 Å². The predicted molar refractivity (Wildman–Crippen MR) is 79.5 cm³/mol. The molecule has 0 saturated heterocycles. The Morgan fingerprint density at radius 2 is 2.11 bits per heavy atom. The van der Waals surface area contributed by atoms with Gasteiger partial charge in [0.2, 0.25) is 5.91 Å². The Bertz CT molecular complexity index is 496. The topological polar surface area (TPSA) is 72.2 Å². The number of hydrogen-bond donors (Lipinski definition) is 2. The van der Waals surface area contributed by atoms with Crippen LogP contribution >= 0.6 is 0 Å². The second-order valence-corrected chi connectivity index (χ2v) is 6.77. The van der Waals surface area contributed by atoms with Crippen LogP contribution in [0.3, 0.4) is 0 Å². The molecular formula is C14H20N2O2S. The third-order valence-electron chi connectivity index (χ3n) is 3.48. The van der Waals surface area contributed by atoms with Crippen LogP contribution < -0.4 is 11.1 Å². The Balaban J connectivity index is 1.93. The third kappa shape index (κ3) is 3.80. The van der Waals surface area contributed by atoms with Gasteiger partial charge in [-0.25, -0.2) is 0 Å². The lowest BCUT2D eigenvalue weighted by Crippen LogP contribution is -2.25. The van der Waals surface area contributed by atoms with Gasteiger partial charge in [0.25, 0.3) is 0 Å². The fourth-order valence-corrected chi connectivity index (χ4v) is 3.78. The maximum Gasteiger partial charge on any atom is 0.237 e. The fraction of sp³-hybridized carbons (Fsp3) is 0.500. The molecule has 19 heavy (non-hydrogen) atoms. The van der Waals surface area contributed by atoms with Gasteiger partial charge in [0.05, 0.1) is 0 Å². The monoisotopic (exact) mass is 280 g/mol. The Morgan fingerprint density at radius 3 is 2.79 bits per heavy atom. The highest BCUT2D eigenvalue weighted by atomic mass is 32.2. The second kappa shape index (κ2) is 6.19. The van der Waals surface area contributed by atoms with Gasteiger partial charge < -0.3 is 11.1 Å². The summed E-state index contributed by atoms with van der Waals surface area (Å²) < 4.78 is 12.0. The molecular weight excluding hydrogens is 260 g/mol. The third-order valence-corrected chi connectivity index (χ3v) is 5.24. The van der Waals surface area contributed by atoms with E-state index in [2.05, 4.69) is 5.32 Å². The molecule has 3 N–H and O–H groups in total. The number of carbonyl (C=O) groups excluding carboxylic acids is 1. The molecule has 1 fully saturated rings. The van der Waals surface area contributed by atoms with Crippen LogP contribution in [0.1, 0.15) is 31.2 Å². The van der Waals surface area contributed by atoms with Gasteiger partial charge >= 0.3 is 0 Å². The smallest absolute Gasteiger partial charge is 0.237 e. The van der Waals surface area contributed by atoms with Crippen molar-refractivity contribution in [1.82, 2.24) is 0 Å². The molecule has 5 heteroatoms. The highest BCUT2D eigenvalue weighted by Crippen LogP contribution is 2.23. The Morgan fingerprint density at radius 1 is 1.42 bits per heavy atom.